The smallest absolute Gasteiger partial charge is 0.104 e. The summed E-state index contributed by atoms with van der Waals surface area (Å²) in [4.78, 5) is 0. The molecule has 18 heavy (non-hydrogen) atoms. The fourth-order valence-electron chi connectivity index (χ4n) is 2.10. The van der Waals surface area contributed by atoms with E-state index in [1.807, 2.05) is 0 Å². The van der Waals surface area contributed by atoms with Crippen LogP contribution >= 0.6 is 0 Å². The molecule has 2 N–H and O–H groups in total. The molecular weight excluding hydrogens is 224 g/mol. The molecule has 1 heterocycles. The molecule has 0 radical (unpaired) electrons. The summed E-state index contributed by atoms with van der Waals surface area (Å²) in [6.45, 7) is 7.42. The number of aromatic amines is 1. The van der Waals surface area contributed by atoms with Crippen molar-refractivity contribution >= 4 is 0 Å². The topological polar surface area (TPSA) is 53.6 Å². The van der Waals surface area contributed by atoms with Gasteiger partial charge in [0, 0.05) is 0 Å². The van der Waals surface area contributed by atoms with Crippen LogP contribution in [0.5, 0.6) is 0 Å². The Labute approximate surface area is 108 Å². The Morgan fingerprint density at radius 3 is 2.83 bits per heavy atom. The maximum Gasteiger partial charge on any atom is 0.104 e. The minimum atomic E-state index is 0.114. The third-order valence-corrected chi connectivity index (χ3v) is 3.29. The second-order valence-corrected chi connectivity index (χ2v) is 4.57. The molecule has 1 aromatic carbocycles. The third kappa shape index (κ3) is 2.59. The van der Waals surface area contributed by atoms with Gasteiger partial charge in [-0.05, 0) is 43.5 Å². The molecule has 0 saturated heterocycles. The zero-order valence-corrected chi connectivity index (χ0v) is 11.2. The van der Waals surface area contributed by atoms with E-state index in [0.29, 0.717) is 0 Å². The number of nitrogens with zero attached hydrogens (tertiary/aromatic N) is 2. The molecule has 0 aliphatic carbocycles. The first-order valence-corrected chi connectivity index (χ1v) is 6.39. The first-order valence-electron chi connectivity index (χ1n) is 6.39. The van der Waals surface area contributed by atoms with E-state index >= 15 is 0 Å². The monoisotopic (exact) mass is 244 g/mol. The van der Waals surface area contributed by atoms with Crippen LogP contribution in [-0.2, 0) is 0 Å². The number of H-pyrrole nitrogens is 1. The van der Waals surface area contributed by atoms with E-state index < -0.39 is 0 Å². The molecule has 4 heteroatoms. The van der Waals surface area contributed by atoms with E-state index in [9.17, 15) is 0 Å². The molecule has 2 aromatic rings. The maximum absolute atomic E-state index is 4.22. The van der Waals surface area contributed by atoms with Gasteiger partial charge in [-0.25, -0.2) is 0 Å². The van der Waals surface area contributed by atoms with Crippen molar-refractivity contribution in [3.63, 3.8) is 0 Å². The summed E-state index contributed by atoms with van der Waals surface area (Å²) in [6, 6.07) is 6.50. The van der Waals surface area contributed by atoms with E-state index in [0.717, 1.165) is 18.7 Å². The van der Waals surface area contributed by atoms with Crippen molar-refractivity contribution in [1.82, 2.24) is 20.7 Å². The Balaban J connectivity index is 2.37. The molecule has 1 aromatic heterocycles. The Bertz CT molecular complexity index is 491. The predicted octanol–water partition coefficient (Wildman–Crippen LogP) is 2.51. The molecular formula is C14H20N4. The van der Waals surface area contributed by atoms with Gasteiger partial charge in [0.1, 0.15) is 5.69 Å². The Morgan fingerprint density at radius 2 is 2.17 bits per heavy atom. The zero-order valence-electron chi connectivity index (χ0n) is 11.2. The van der Waals surface area contributed by atoms with Crippen molar-refractivity contribution in [2.24, 2.45) is 0 Å². The van der Waals surface area contributed by atoms with Crippen LogP contribution in [0.15, 0.2) is 24.4 Å². The van der Waals surface area contributed by atoms with Crippen molar-refractivity contribution < 1.29 is 0 Å². The van der Waals surface area contributed by atoms with Gasteiger partial charge in [0.25, 0.3) is 0 Å². The van der Waals surface area contributed by atoms with Crippen LogP contribution in [-0.4, -0.2) is 22.0 Å². The molecule has 1 atom stereocenters. The highest BCUT2D eigenvalue weighted by atomic mass is 15.3. The number of aromatic nitrogens is 3. The molecule has 0 bridgehead atoms. The van der Waals surface area contributed by atoms with Gasteiger partial charge in [-0.15, -0.1) is 0 Å². The molecule has 4 nitrogen and oxygen atoms in total. The van der Waals surface area contributed by atoms with Crippen molar-refractivity contribution in [2.45, 2.75) is 33.2 Å². The first kappa shape index (κ1) is 12.8. The molecule has 0 saturated carbocycles. The average Bonchev–Trinajstić information content (AvgIpc) is 2.88. The minimum Gasteiger partial charge on any atom is -0.305 e. The van der Waals surface area contributed by atoms with Crippen molar-refractivity contribution in [1.29, 1.82) is 0 Å². The van der Waals surface area contributed by atoms with Crippen molar-refractivity contribution in [2.75, 3.05) is 6.54 Å². The minimum absolute atomic E-state index is 0.114. The van der Waals surface area contributed by atoms with Crippen LogP contribution in [0, 0.1) is 13.8 Å². The van der Waals surface area contributed by atoms with E-state index in [4.69, 9.17) is 0 Å². The van der Waals surface area contributed by atoms with Gasteiger partial charge >= 0.3 is 0 Å². The highest BCUT2D eigenvalue weighted by molar-refractivity contribution is 5.38. The van der Waals surface area contributed by atoms with Crippen LogP contribution in [0.1, 0.15) is 41.8 Å². The first-order chi connectivity index (χ1) is 8.74. The largest absolute Gasteiger partial charge is 0.305 e. The molecule has 96 valence electrons. The number of hydrogen-bond donors (Lipinski definition) is 2. The van der Waals surface area contributed by atoms with Gasteiger partial charge in [0.05, 0.1) is 12.2 Å². The summed E-state index contributed by atoms with van der Waals surface area (Å²) in [5, 5.41) is 14.4. The summed E-state index contributed by atoms with van der Waals surface area (Å²) in [6.07, 6.45) is 2.88. The predicted molar refractivity (Wildman–Crippen MR) is 72.4 cm³/mol. The second kappa shape index (κ2) is 5.78. The van der Waals surface area contributed by atoms with Gasteiger partial charge in [-0.3, -0.25) is 0 Å². The highest BCUT2D eigenvalue weighted by Crippen LogP contribution is 2.24. The van der Waals surface area contributed by atoms with Crippen LogP contribution in [0.2, 0.25) is 0 Å². The van der Waals surface area contributed by atoms with Crippen molar-refractivity contribution in [3.8, 4) is 0 Å². The van der Waals surface area contributed by atoms with Crippen LogP contribution in [0.3, 0.4) is 0 Å². The Hall–Kier alpha value is -1.68. The standard InChI is InChI=1S/C14H20N4/c1-4-8-15-14(13-9-16-18-17-13)12-7-5-6-10(2)11(12)3/h5-7,9,14-15H,4,8H2,1-3H3,(H,16,17,18). The number of aryl methyl sites for hydroxylation is 1. The van der Waals surface area contributed by atoms with Gasteiger partial charge in [0.15, 0.2) is 0 Å². The highest BCUT2D eigenvalue weighted by Gasteiger charge is 2.18. The molecule has 0 spiro atoms. The summed E-state index contributed by atoms with van der Waals surface area (Å²) < 4.78 is 0. The maximum atomic E-state index is 4.22. The average molecular weight is 244 g/mol. The Morgan fingerprint density at radius 1 is 1.33 bits per heavy atom. The van der Waals surface area contributed by atoms with Gasteiger partial charge < -0.3 is 5.32 Å². The molecule has 0 aliphatic heterocycles. The van der Waals surface area contributed by atoms with Crippen LogP contribution in [0.4, 0.5) is 0 Å². The third-order valence-electron chi connectivity index (χ3n) is 3.29. The molecule has 0 fully saturated rings. The molecule has 0 amide bonds. The molecule has 2 rings (SSSR count). The van der Waals surface area contributed by atoms with Crippen molar-refractivity contribution in [3.05, 3.63) is 46.8 Å². The van der Waals surface area contributed by atoms with E-state index in [2.05, 4.69) is 59.7 Å². The zero-order chi connectivity index (χ0) is 13.0. The van der Waals surface area contributed by atoms with Gasteiger partial charge in [0.2, 0.25) is 0 Å². The fourth-order valence-corrected chi connectivity index (χ4v) is 2.10. The lowest BCUT2D eigenvalue weighted by Crippen LogP contribution is -2.24. The summed E-state index contributed by atoms with van der Waals surface area (Å²) >= 11 is 0. The lowest BCUT2D eigenvalue weighted by Gasteiger charge is -2.19. The lowest BCUT2D eigenvalue weighted by atomic mass is 9.96. The van der Waals surface area contributed by atoms with Crippen LogP contribution < -0.4 is 5.32 Å². The quantitative estimate of drug-likeness (QED) is 0.849. The summed E-state index contributed by atoms with van der Waals surface area (Å²) in [5.74, 6) is 0. The second-order valence-electron chi connectivity index (χ2n) is 4.57. The van der Waals surface area contributed by atoms with Crippen LogP contribution in [0.25, 0.3) is 0 Å². The Kier molecular flexibility index (Phi) is 4.10. The number of nitrogens with one attached hydrogen (secondary N) is 2. The molecule has 1 unspecified atom stereocenters. The number of benzene rings is 1. The lowest BCUT2D eigenvalue weighted by molar-refractivity contribution is 0.582. The molecule has 0 aliphatic rings. The van der Waals surface area contributed by atoms with E-state index in [1.165, 1.54) is 16.7 Å². The SMILES string of the molecule is CCCNC(c1cn[nH]n1)c1cccc(C)c1C. The summed E-state index contributed by atoms with van der Waals surface area (Å²) in [7, 11) is 0. The number of hydrogen-bond acceptors (Lipinski definition) is 3. The fraction of sp³-hybridized carbons (Fsp3) is 0.429. The summed E-state index contributed by atoms with van der Waals surface area (Å²) in [5.41, 5.74) is 4.84. The van der Waals surface area contributed by atoms with Gasteiger partial charge in [-0.2, -0.15) is 15.4 Å². The van der Waals surface area contributed by atoms with E-state index in [-0.39, 0.29) is 6.04 Å². The van der Waals surface area contributed by atoms with Gasteiger partial charge in [-0.1, -0.05) is 25.1 Å². The van der Waals surface area contributed by atoms with E-state index in [1.54, 1.807) is 6.20 Å². The normalized spacial score (nSPS) is 12.6. The number of rotatable bonds is 5.